The van der Waals surface area contributed by atoms with Crippen LogP contribution < -0.4 is 0 Å². The van der Waals surface area contributed by atoms with Gasteiger partial charge in [-0.25, -0.2) is 0 Å². The minimum absolute atomic E-state index is 0.217. The van der Waals surface area contributed by atoms with Gasteiger partial charge in [-0.15, -0.1) is 0 Å². The lowest BCUT2D eigenvalue weighted by Crippen LogP contribution is -2.15. The van der Waals surface area contributed by atoms with Crippen LogP contribution in [0.5, 0.6) is 0 Å². The zero-order valence-corrected chi connectivity index (χ0v) is 26.5. The Bertz CT molecular complexity index is 2980. The largest absolute Gasteiger partial charge is 0.456 e. The van der Waals surface area contributed by atoms with Crippen molar-refractivity contribution >= 4 is 65.7 Å². The Hall–Kier alpha value is -6.06. The van der Waals surface area contributed by atoms with E-state index in [9.17, 15) is 0 Å². The maximum absolute atomic E-state index is 6.63. The van der Waals surface area contributed by atoms with Gasteiger partial charge in [0.25, 0.3) is 0 Å². The second kappa shape index (κ2) is 9.05. The summed E-state index contributed by atoms with van der Waals surface area (Å²) >= 11 is 0. The molecule has 0 bridgehead atoms. The van der Waals surface area contributed by atoms with Crippen molar-refractivity contribution in [2.75, 3.05) is 0 Å². The molecule has 0 saturated carbocycles. The summed E-state index contributed by atoms with van der Waals surface area (Å²) in [4.78, 5) is 0. The average molecular weight is 616 g/mol. The van der Waals surface area contributed by atoms with Crippen molar-refractivity contribution in [3.05, 3.63) is 151 Å². The molecule has 0 saturated heterocycles. The average Bonchev–Trinajstić information content (AvgIpc) is 3.84. The first kappa shape index (κ1) is 26.1. The van der Waals surface area contributed by atoms with Crippen LogP contribution in [0, 0.1) is 0 Å². The molecule has 0 spiro atoms. The summed E-state index contributed by atoms with van der Waals surface area (Å²) in [7, 11) is 0. The summed E-state index contributed by atoms with van der Waals surface area (Å²) in [6.07, 6.45) is 0. The van der Waals surface area contributed by atoms with Gasteiger partial charge in [-0.3, -0.25) is 0 Å². The predicted octanol–water partition coefficient (Wildman–Crippen LogP) is 12.6. The number of benzene rings is 7. The van der Waals surface area contributed by atoms with Crippen molar-refractivity contribution in [3.63, 3.8) is 0 Å². The van der Waals surface area contributed by atoms with Crippen LogP contribution in [0.1, 0.15) is 25.0 Å². The van der Waals surface area contributed by atoms with Crippen LogP contribution in [-0.2, 0) is 5.41 Å². The van der Waals surface area contributed by atoms with Crippen molar-refractivity contribution in [1.29, 1.82) is 0 Å². The molecule has 0 N–H and O–H groups in total. The van der Waals surface area contributed by atoms with Crippen LogP contribution in [0.3, 0.4) is 0 Å². The van der Waals surface area contributed by atoms with Crippen molar-refractivity contribution in [2.45, 2.75) is 19.3 Å². The predicted molar refractivity (Wildman–Crippen MR) is 198 cm³/mol. The van der Waals surface area contributed by atoms with Gasteiger partial charge in [-0.05, 0) is 82.4 Å². The Labute approximate surface area is 276 Å². The summed E-state index contributed by atoms with van der Waals surface area (Å²) in [6.45, 7) is 4.69. The first-order chi connectivity index (χ1) is 23.6. The van der Waals surface area contributed by atoms with E-state index in [0.717, 1.165) is 38.8 Å². The maximum atomic E-state index is 6.63. The van der Waals surface area contributed by atoms with Gasteiger partial charge in [0.1, 0.15) is 22.3 Å². The van der Waals surface area contributed by atoms with Crippen LogP contribution in [0.15, 0.2) is 148 Å². The third-order valence-electron chi connectivity index (χ3n) is 10.8. The maximum Gasteiger partial charge on any atom is 0.140 e. The molecule has 0 atom stereocenters. The number of aromatic nitrogens is 1. The quantitative estimate of drug-likeness (QED) is 0.194. The first-order valence-electron chi connectivity index (χ1n) is 16.6. The molecule has 1 aliphatic carbocycles. The lowest BCUT2D eigenvalue weighted by molar-refractivity contribution is 0.620. The van der Waals surface area contributed by atoms with Gasteiger partial charge >= 0.3 is 0 Å². The Morgan fingerprint density at radius 3 is 2.06 bits per heavy atom. The fourth-order valence-electron chi connectivity index (χ4n) is 8.62. The third-order valence-corrected chi connectivity index (χ3v) is 10.8. The molecule has 0 unspecified atom stereocenters. The van der Waals surface area contributed by atoms with Gasteiger partial charge in [0, 0.05) is 49.0 Å². The number of fused-ring (bicyclic) bond motifs is 14. The summed E-state index contributed by atoms with van der Waals surface area (Å²) in [5.74, 6) is 0. The molecule has 0 aliphatic heterocycles. The Kier molecular flexibility index (Phi) is 4.91. The standard InChI is InChI=1S/C45H29NO2/c1-45(2)35-21-22-37-42(41(35)33-20-19-31-29-12-4-8-17-39(29)48-44(31)43(33)45)32-14-3-6-15-36(32)46(37)28-11-9-10-26(24-28)27-18-23-40-34(25-27)30-13-5-7-16-38(30)47-40/h3-25H,1-2H3. The number of hydrogen-bond donors (Lipinski definition) is 0. The number of hydrogen-bond acceptors (Lipinski definition) is 2. The number of para-hydroxylation sites is 3. The fourth-order valence-corrected chi connectivity index (χ4v) is 8.62. The first-order valence-corrected chi connectivity index (χ1v) is 16.6. The van der Waals surface area contributed by atoms with Gasteiger partial charge in [-0.1, -0.05) is 98.8 Å². The summed E-state index contributed by atoms with van der Waals surface area (Å²) in [5.41, 5.74) is 14.6. The highest BCUT2D eigenvalue weighted by molar-refractivity contribution is 6.19. The number of rotatable bonds is 2. The van der Waals surface area contributed by atoms with Gasteiger partial charge in [-0.2, -0.15) is 0 Å². The van der Waals surface area contributed by atoms with E-state index in [1.807, 2.05) is 12.1 Å². The van der Waals surface area contributed by atoms with Gasteiger partial charge < -0.3 is 13.4 Å². The van der Waals surface area contributed by atoms with Gasteiger partial charge in [0.2, 0.25) is 0 Å². The summed E-state index contributed by atoms with van der Waals surface area (Å²) in [5, 5.41) is 7.19. The molecule has 3 heteroatoms. The number of nitrogens with zero attached hydrogens (tertiary/aromatic N) is 1. The number of furan rings is 2. The summed E-state index contributed by atoms with van der Waals surface area (Å²) in [6, 6.07) is 50.2. The van der Waals surface area contributed by atoms with E-state index in [1.54, 1.807) is 0 Å². The van der Waals surface area contributed by atoms with Crippen LogP contribution in [0.2, 0.25) is 0 Å². The Morgan fingerprint density at radius 1 is 0.500 bits per heavy atom. The summed E-state index contributed by atoms with van der Waals surface area (Å²) < 4.78 is 15.2. The van der Waals surface area contributed by atoms with Crippen molar-refractivity contribution < 1.29 is 8.83 Å². The third kappa shape index (κ3) is 3.28. The highest BCUT2D eigenvalue weighted by atomic mass is 16.3. The molecule has 0 radical (unpaired) electrons. The molecule has 1 aliphatic rings. The van der Waals surface area contributed by atoms with E-state index < -0.39 is 0 Å². The molecule has 10 aromatic rings. The lowest BCUT2D eigenvalue weighted by atomic mass is 9.81. The van der Waals surface area contributed by atoms with Crippen LogP contribution in [-0.4, -0.2) is 4.57 Å². The van der Waals surface area contributed by atoms with Crippen LogP contribution in [0.4, 0.5) is 0 Å². The minimum atomic E-state index is -0.217. The lowest BCUT2D eigenvalue weighted by Gasteiger charge is -2.21. The molecular weight excluding hydrogens is 587 g/mol. The highest BCUT2D eigenvalue weighted by Gasteiger charge is 2.40. The van der Waals surface area contributed by atoms with Gasteiger partial charge in [0.05, 0.1) is 11.0 Å². The Balaban J connectivity index is 1.16. The second-order valence-corrected chi connectivity index (χ2v) is 13.7. The fraction of sp³-hybridized carbons (Fsp3) is 0.0667. The molecule has 226 valence electrons. The van der Waals surface area contributed by atoms with Crippen molar-refractivity contribution in [2.24, 2.45) is 0 Å². The zero-order chi connectivity index (χ0) is 31.7. The normalized spacial score (nSPS) is 13.8. The monoisotopic (exact) mass is 615 g/mol. The molecule has 0 amide bonds. The van der Waals surface area contributed by atoms with E-state index in [1.165, 1.54) is 66.0 Å². The van der Waals surface area contributed by atoms with Crippen LogP contribution in [0.25, 0.3) is 93.6 Å². The van der Waals surface area contributed by atoms with E-state index in [2.05, 4.69) is 146 Å². The zero-order valence-electron chi connectivity index (χ0n) is 26.5. The van der Waals surface area contributed by atoms with E-state index in [0.29, 0.717) is 0 Å². The van der Waals surface area contributed by atoms with E-state index >= 15 is 0 Å². The molecular formula is C45H29NO2. The minimum Gasteiger partial charge on any atom is -0.456 e. The smallest absolute Gasteiger partial charge is 0.140 e. The van der Waals surface area contributed by atoms with Crippen LogP contribution >= 0.6 is 0 Å². The van der Waals surface area contributed by atoms with Gasteiger partial charge in [0.15, 0.2) is 0 Å². The molecule has 3 aromatic heterocycles. The SMILES string of the molecule is CC1(C)c2ccc3c(c2-c2ccc4c(oc5ccccc54)c21)c1ccccc1n3-c1cccc(-c2ccc3oc4ccccc4c3c2)c1. The van der Waals surface area contributed by atoms with E-state index in [-0.39, 0.29) is 5.41 Å². The Morgan fingerprint density at radius 2 is 1.21 bits per heavy atom. The molecule has 0 fully saturated rings. The second-order valence-electron chi connectivity index (χ2n) is 13.7. The molecule has 11 rings (SSSR count). The molecule has 3 heterocycles. The van der Waals surface area contributed by atoms with E-state index in [4.69, 9.17) is 8.83 Å². The molecule has 7 aromatic carbocycles. The molecule has 48 heavy (non-hydrogen) atoms. The van der Waals surface area contributed by atoms with Crippen molar-refractivity contribution in [3.8, 4) is 27.9 Å². The highest BCUT2D eigenvalue weighted by Crippen LogP contribution is 2.56. The van der Waals surface area contributed by atoms with Crippen molar-refractivity contribution in [1.82, 2.24) is 4.57 Å². The molecule has 3 nitrogen and oxygen atoms in total. The topological polar surface area (TPSA) is 31.2 Å².